The number of likely N-dealkylation sites (tertiary alicyclic amines) is 1. The molecule has 6 heteroatoms. The molecule has 0 spiro atoms. The lowest BCUT2D eigenvalue weighted by atomic mass is 9.91. The number of benzene rings is 2. The number of rotatable bonds is 4. The normalized spacial score (nSPS) is 19.2. The van der Waals surface area contributed by atoms with Crippen LogP contribution in [0.15, 0.2) is 42.5 Å². The van der Waals surface area contributed by atoms with Crippen LogP contribution in [0.3, 0.4) is 0 Å². The Labute approximate surface area is 165 Å². The molecule has 0 bridgehead atoms. The van der Waals surface area contributed by atoms with Crippen molar-refractivity contribution in [3.8, 4) is 11.5 Å². The Hall–Kier alpha value is -3.02. The highest BCUT2D eigenvalue weighted by Crippen LogP contribution is 2.27. The fraction of sp³-hybridized carbons (Fsp3) is 0.364. The number of carbonyl (C=O) groups is 2. The fourth-order valence-corrected chi connectivity index (χ4v) is 3.79. The highest BCUT2D eigenvalue weighted by molar-refractivity contribution is 6.10. The number of nitrogens with one attached hydrogen (secondary N) is 1. The molecule has 2 aromatic carbocycles. The molecule has 148 valence electrons. The lowest BCUT2D eigenvalue weighted by Gasteiger charge is -2.35. The van der Waals surface area contributed by atoms with Crippen LogP contribution in [0, 0.1) is 11.8 Å². The summed E-state index contributed by atoms with van der Waals surface area (Å²) in [6, 6.07) is 11.4. The van der Waals surface area contributed by atoms with Crippen molar-refractivity contribution >= 4 is 17.5 Å². The van der Waals surface area contributed by atoms with E-state index >= 15 is 0 Å². The van der Waals surface area contributed by atoms with Crippen LogP contribution in [-0.2, 0) is 0 Å². The second-order valence-corrected chi connectivity index (χ2v) is 7.54. The number of para-hydroxylation sites is 1. The maximum Gasteiger partial charge on any atom is 0.259 e. The zero-order valence-electron chi connectivity index (χ0n) is 16.4. The van der Waals surface area contributed by atoms with Crippen molar-refractivity contribution in [1.29, 1.82) is 0 Å². The molecule has 2 aromatic rings. The minimum Gasteiger partial charge on any atom is -0.507 e. The number of piperidine rings is 1. The molecular formula is C22H26N2O4. The second kappa shape index (κ2) is 8.33. The van der Waals surface area contributed by atoms with E-state index in [9.17, 15) is 14.7 Å². The smallest absolute Gasteiger partial charge is 0.259 e. The highest BCUT2D eigenvalue weighted by atomic mass is 16.5. The van der Waals surface area contributed by atoms with E-state index in [1.165, 1.54) is 19.2 Å². The predicted octanol–water partition coefficient (Wildman–Crippen LogP) is 3.77. The zero-order valence-corrected chi connectivity index (χ0v) is 16.4. The second-order valence-electron chi connectivity index (χ2n) is 7.54. The van der Waals surface area contributed by atoms with E-state index in [2.05, 4.69) is 19.2 Å². The van der Waals surface area contributed by atoms with Crippen molar-refractivity contribution in [1.82, 2.24) is 4.90 Å². The summed E-state index contributed by atoms with van der Waals surface area (Å²) >= 11 is 0. The van der Waals surface area contributed by atoms with Gasteiger partial charge in [0.1, 0.15) is 11.5 Å². The minimum absolute atomic E-state index is 0.0850. The molecule has 2 atom stereocenters. The number of phenols is 1. The number of anilines is 1. The van der Waals surface area contributed by atoms with Gasteiger partial charge in [-0.2, -0.15) is 0 Å². The molecule has 1 aliphatic heterocycles. The van der Waals surface area contributed by atoms with Gasteiger partial charge < -0.3 is 20.1 Å². The van der Waals surface area contributed by atoms with Gasteiger partial charge in [-0.1, -0.05) is 26.0 Å². The number of ether oxygens (including phenoxy) is 1. The monoisotopic (exact) mass is 382 g/mol. The third-order valence-electron chi connectivity index (χ3n) is 5.01. The summed E-state index contributed by atoms with van der Waals surface area (Å²) < 4.78 is 5.12. The van der Waals surface area contributed by atoms with Gasteiger partial charge in [0.05, 0.1) is 23.9 Å². The Balaban J connectivity index is 1.84. The molecule has 1 saturated heterocycles. The first kappa shape index (κ1) is 19.7. The Kier molecular flexibility index (Phi) is 5.87. The molecule has 28 heavy (non-hydrogen) atoms. The third-order valence-corrected chi connectivity index (χ3v) is 5.01. The standard InChI is InChI=1S/C22H26N2O4/c1-14-10-15(2)13-24(12-14)22(27)17-6-4-5-7-19(17)23-21(26)18-11-16(28-3)8-9-20(18)25/h4-9,11,14-15,25H,10,12-13H2,1-3H3,(H,23,26). The van der Waals surface area contributed by atoms with E-state index in [4.69, 9.17) is 4.74 Å². The number of hydrogen-bond acceptors (Lipinski definition) is 4. The van der Waals surface area contributed by atoms with Crippen LogP contribution in [0.4, 0.5) is 5.69 Å². The average molecular weight is 382 g/mol. The van der Waals surface area contributed by atoms with Crippen LogP contribution in [0.1, 0.15) is 41.0 Å². The van der Waals surface area contributed by atoms with Crippen LogP contribution in [0.25, 0.3) is 0 Å². The summed E-state index contributed by atoms with van der Waals surface area (Å²) in [6.07, 6.45) is 1.11. The van der Waals surface area contributed by atoms with E-state index in [0.29, 0.717) is 41.9 Å². The molecule has 1 fully saturated rings. The van der Waals surface area contributed by atoms with Gasteiger partial charge >= 0.3 is 0 Å². The highest BCUT2D eigenvalue weighted by Gasteiger charge is 2.27. The lowest BCUT2D eigenvalue weighted by Crippen LogP contribution is -2.42. The fourth-order valence-electron chi connectivity index (χ4n) is 3.79. The first-order chi connectivity index (χ1) is 13.4. The van der Waals surface area contributed by atoms with Gasteiger partial charge in [0, 0.05) is 13.1 Å². The van der Waals surface area contributed by atoms with Crippen molar-refractivity contribution in [2.24, 2.45) is 11.8 Å². The van der Waals surface area contributed by atoms with E-state index in [0.717, 1.165) is 6.42 Å². The maximum absolute atomic E-state index is 13.1. The lowest BCUT2D eigenvalue weighted by molar-refractivity contribution is 0.0624. The SMILES string of the molecule is COc1ccc(O)c(C(=O)Nc2ccccc2C(=O)N2CC(C)CC(C)C2)c1. The summed E-state index contributed by atoms with van der Waals surface area (Å²) in [4.78, 5) is 27.7. The summed E-state index contributed by atoms with van der Waals surface area (Å²) in [5.41, 5.74) is 0.951. The Morgan fingerprint density at radius 1 is 1.07 bits per heavy atom. The topological polar surface area (TPSA) is 78.9 Å². The van der Waals surface area contributed by atoms with Crippen LogP contribution < -0.4 is 10.1 Å². The summed E-state index contributed by atoms with van der Waals surface area (Å²) in [5.74, 6) is 0.608. The zero-order chi connectivity index (χ0) is 20.3. The number of amides is 2. The molecule has 6 nitrogen and oxygen atoms in total. The molecule has 0 aliphatic carbocycles. The molecule has 0 aromatic heterocycles. The minimum atomic E-state index is -0.503. The van der Waals surface area contributed by atoms with Gasteiger partial charge in [-0.15, -0.1) is 0 Å². The molecule has 3 rings (SSSR count). The van der Waals surface area contributed by atoms with Crippen molar-refractivity contribution < 1.29 is 19.4 Å². The molecule has 2 amide bonds. The largest absolute Gasteiger partial charge is 0.507 e. The molecule has 1 aliphatic rings. The Morgan fingerprint density at radius 2 is 1.75 bits per heavy atom. The number of aromatic hydroxyl groups is 1. The maximum atomic E-state index is 13.1. The predicted molar refractivity (Wildman–Crippen MR) is 108 cm³/mol. The van der Waals surface area contributed by atoms with E-state index in [1.54, 1.807) is 30.3 Å². The van der Waals surface area contributed by atoms with Crippen LogP contribution in [0.5, 0.6) is 11.5 Å². The average Bonchev–Trinajstić information content (AvgIpc) is 2.67. The van der Waals surface area contributed by atoms with Gasteiger partial charge in [-0.05, 0) is 48.6 Å². The Morgan fingerprint density at radius 3 is 2.43 bits per heavy atom. The van der Waals surface area contributed by atoms with Crippen LogP contribution >= 0.6 is 0 Å². The quantitative estimate of drug-likeness (QED) is 0.844. The molecule has 0 saturated carbocycles. The summed E-state index contributed by atoms with van der Waals surface area (Å²) in [5, 5.41) is 12.8. The van der Waals surface area contributed by atoms with Gasteiger partial charge in [0.25, 0.3) is 11.8 Å². The third kappa shape index (κ3) is 4.27. The van der Waals surface area contributed by atoms with Crippen molar-refractivity contribution in [2.45, 2.75) is 20.3 Å². The van der Waals surface area contributed by atoms with Crippen molar-refractivity contribution in [3.63, 3.8) is 0 Å². The van der Waals surface area contributed by atoms with Gasteiger partial charge in [0.2, 0.25) is 0 Å². The number of nitrogens with zero attached hydrogens (tertiary/aromatic N) is 1. The summed E-state index contributed by atoms with van der Waals surface area (Å²) in [6.45, 7) is 5.72. The van der Waals surface area contributed by atoms with Crippen molar-refractivity contribution in [2.75, 3.05) is 25.5 Å². The van der Waals surface area contributed by atoms with E-state index in [1.807, 2.05) is 4.90 Å². The summed E-state index contributed by atoms with van der Waals surface area (Å²) in [7, 11) is 1.49. The van der Waals surface area contributed by atoms with Crippen molar-refractivity contribution in [3.05, 3.63) is 53.6 Å². The van der Waals surface area contributed by atoms with Crippen LogP contribution in [-0.4, -0.2) is 42.0 Å². The molecular weight excluding hydrogens is 356 g/mol. The van der Waals surface area contributed by atoms with Gasteiger partial charge in [0.15, 0.2) is 0 Å². The van der Waals surface area contributed by atoms with Gasteiger partial charge in [-0.3, -0.25) is 9.59 Å². The van der Waals surface area contributed by atoms with E-state index < -0.39 is 5.91 Å². The Bertz CT molecular complexity index is 871. The first-order valence-corrected chi connectivity index (χ1v) is 9.45. The molecule has 2 N–H and O–H groups in total. The first-order valence-electron chi connectivity index (χ1n) is 9.45. The number of phenolic OH excluding ortho intramolecular Hbond substituents is 1. The number of methoxy groups -OCH3 is 1. The number of carbonyl (C=O) groups excluding carboxylic acids is 2. The van der Waals surface area contributed by atoms with E-state index in [-0.39, 0.29) is 17.2 Å². The van der Waals surface area contributed by atoms with Gasteiger partial charge in [-0.25, -0.2) is 0 Å². The molecule has 0 radical (unpaired) electrons. The van der Waals surface area contributed by atoms with Crippen LogP contribution in [0.2, 0.25) is 0 Å². The molecule has 2 unspecified atom stereocenters. The number of hydrogen-bond donors (Lipinski definition) is 2. The molecule has 1 heterocycles.